The summed E-state index contributed by atoms with van der Waals surface area (Å²) in [7, 11) is 0. The lowest BCUT2D eigenvalue weighted by atomic mass is 10.1. The first-order chi connectivity index (χ1) is 13.1. The van der Waals surface area contributed by atoms with E-state index in [1.54, 1.807) is 0 Å². The van der Waals surface area contributed by atoms with E-state index in [9.17, 15) is 0 Å². The van der Waals surface area contributed by atoms with Gasteiger partial charge in [-0.2, -0.15) is 0 Å². The highest BCUT2D eigenvalue weighted by Crippen LogP contribution is 2.21. The fourth-order valence-electron chi connectivity index (χ4n) is 2.92. The van der Waals surface area contributed by atoms with Crippen molar-refractivity contribution in [2.75, 3.05) is 5.73 Å². The van der Waals surface area contributed by atoms with Crippen LogP contribution in [0.3, 0.4) is 0 Å². The lowest BCUT2D eigenvalue weighted by Crippen LogP contribution is -1.92. The number of nitrogens with zero attached hydrogens (tertiary/aromatic N) is 2. The van der Waals surface area contributed by atoms with E-state index in [0.717, 1.165) is 43.9 Å². The van der Waals surface area contributed by atoms with Gasteiger partial charge in [-0.25, -0.2) is 9.97 Å². The van der Waals surface area contributed by atoms with Crippen LogP contribution in [0.5, 0.6) is 0 Å². The van der Waals surface area contributed by atoms with Gasteiger partial charge in [-0.05, 0) is 66.4 Å². The number of halogens is 1. The number of fused-ring (bicyclic) bond motifs is 1. The van der Waals surface area contributed by atoms with Crippen LogP contribution in [0.15, 0.2) is 66.9 Å². The summed E-state index contributed by atoms with van der Waals surface area (Å²) in [6, 6.07) is 19.4. The predicted molar refractivity (Wildman–Crippen MR) is 112 cm³/mol. The van der Waals surface area contributed by atoms with Crippen molar-refractivity contribution in [3.63, 3.8) is 0 Å². The quantitative estimate of drug-likeness (QED) is 0.467. The van der Waals surface area contributed by atoms with Crippen LogP contribution in [-0.4, -0.2) is 9.97 Å². The Balaban J connectivity index is 1.60. The molecule has 3 nitrogen and oxygen atoms in total. The van der Waals surface area contributed by atoms with E-state index < -0.39 is 0 Å². The van der Waals surface area contributed by atoms with Crippen LogP contribution in [0.4, 0.5) is 5.82 Å². The molecule has 0 spiro atoms. The summed E-state index contributed by atoms with van der Waals surface area (Å²) < 4.78 is 0. The molecule has 0 bridgehead atoms. The molecule has 0 saturated heterocycles. The molecule has 4 rings (SSSR count). The molecular weight excluding hydrogens is 354 g/mol. The van der Waals surface area contributed by atoms with Crippen LogP contribution in [0.1, 0.15) is 16.8 Å². The van der Waals surface area contributed by atoms with Gasteiger partial charge < -0.3 is 5.73 Å². The molecule has 0 amide bonds. The molecule has 2 aromatic carbocycles. The first kappa shape index (κ1) is 17.1. The molecule has 0 saturated carbocycles. The van der Waals surface area contributed by atoms with E-state index in [1.165, 1.54) is 0 Å². The minimum absolute atomic E-state index is 0.531. The maximum absolute atomic E-state index is 5.93. The van der Waals surface area contributed by atoms with Crippen LogP contribution < -0.4 is 5.73 Å². The van der Waals surface area contributed by atoms with E-state index in [-0.39, 0.29) is 0 Å². The Bertz CT molecular complexity index is 1180. The number of anilines is 1. The molecule has 0 fully saturated rings. The summed E-state index contributed by atoms with van der Waals surface area (Å²) in [5.74, 6) is 6.82. The van der Waals surface area contributed by atoms with Crippen LogP contribution in [0, 0.1) is 18.8 Å². The molecule has 2 aromatic heterocycles. The van der Waals surface area contributed by atoms with Crippen molar-refractivity contribution in [3.05, 3.63) is 88.7 Å². The predicted octanol–water partition coefficient (Wildman–Crippen LogP) is 5.24. The minimum atomic E-state index is 0.531. The summed E-state index contributed by atoms with van der Waals surface area (Å²) in [6.45, 7) is 2.02. The molecule has 2 N–H and O–H groups in total. The Morgan fingerprint density at radius 1 is 0.889 bits per heavy atom. The molecule has 4 aromatic rings. The van der Waals surface area contributed by atoms with Gasteiger partial charge in [0.05, 0.1) is 5.52 Å². The van der Waals surface area contributed by atoms with Gasteiger partial charge in [0.1, 0.15) is 11.5 Å². The van der Waals surface area contributed by atoms with E-state index in [0.29, 0.717) is 5.82 Å². The van der Waals surface area contributed by atoms with Gasteiger partial charge in [-0.1, -0.05) is 35.7 Å². The van der Waals surface area contributed by atoms with Crippen molar-refractivity contribution in [3.8, 4) is 23.0 Å². The molecule has 0 aliphatic carbocycles. The molecule has 0 radical (unpaired) electrons. The number of aryl methyl sites for hydroxylation is 1. The monoisotopic (exact) mass is 369 g/mol. The third-order valence-corrected chi connectivity index (χ3v) is 4.56. The summed E-state index contributed by atoms with van der Waals surface area (Å²) in [6.07, 6.45) is 1.82. The molecule has 0 unspecified atom stereocenters. The normalized spacial score (nSPS) is 10.4. The molecule has 0 aliphatic rings. The summed E-state index contributed by atoms with van der Waals surface area (Å²) in [5, 5.41) is 1.78. The van der Waals surface area contributed by atoms with Crippen LogP contribution >= 0.6 is 11.6 Å². The second-order valence-electron chi connectivity index (χ2n) is 6.28. The fraction of sp³-hybridized carbons (Fsp3) is 0.0435. The SMILES string of the molecule is Cc1cc(N)nc2ccc(C#Cc3ccc(-c4ccc(Cl)cc4)cn3)cc12. The Hall–Kier alpha value is -3.35. The smallest absolute Gasteiger partial charge is 0.124 e. The van der Waals surface area contributed by atoms with Crippen LogP contribution in [0.2, 0.25) is 5.02 Å². The molecule has 27 heavy (non-hydrogen) atoms. The van der Waals surface area contributed by atoms with Gasteiger partial charge in [-0.3, -0.25) is 0 Å². The Labute approximate surface area is 162 Å². The number of nitrogen functional groups attached to an aromatic ring is 1. The van der Waals surface area contributed by atoms with Crippen molar-refractivity contribution >= 4 is 28.3 Å². The Kier molecular flexibility index (Phi) is 4.50. The highest BCUT2D eigenvalue weighted by Gasteiger charge is 2.02. The van der Waals surface area contributed by atoms with Crippen molar-refractivity contribution in [2.45, 2.75) is 6.92 Å². The highest BCUT2D eigenvalue weighted by molar-refractivity contribution is 6.30. The maximum Gasteiger partial charge on any atom is 0.124 e. The average molecular weight is 370 g/mol. The van der Waals surface area contributed by atoms with Crippen LogP contribution in [-0.2, 0) is 0 Å². The third kappa shape index (κ3) is 3.76. The lowest BCUT2D eigenvalue weighted by molar-refractivity contribution is 1.29. The maximum atomic E-state index is 5.93. The van der Waals surface area contributed by atoms with Gasteiger partial charge in [0.2, 0.25) is 0 Å². The summed E-state index contributed by atoms with van der Waals surface area (Å²) >= 11 is 5.93. The van der Waals surface area contributed by atoms with Gasteiger partial charge in [0.15, 0.2) is 0 Å². The molecule has 2 heterocycles. The van der Waals surface area contributed by atoms with E-state index >= 15 is 0 Å². The van der Waals surface area contributed by atoms with Gasteiger partial charge in [0.25, 0.3) is 0 Å². The second-order valence-corrected chi connectivity index (χ2v) is 6.72. The largest absolute Gasteiger partial charge is 0.384 e. The molecule has 0 atom stereocenters. The zero-order chi connectivity index (χ0) is 18.8. The average Bonchev–Trinajstić information content (AvgIpc) is 2.67. The van der Waals surface area contributed by atoms with Crippen molar-refractivity contribution < 1.29 is 0 Å². The number of rotatable bonds is 1. The molecule has 130 valence electrons. The van der Waals surface area contributed by atoms with E-state index in [2.05, 4.69) is 21.8 Å². The number of pyridine rings is 2. The van der Waals surface area contributed by atoms with Gasteiger partial charge in [0, 0.05) is 27.7 Å². The van der Waals surface area contributed by atoms with Gasteiger partial charge >= 0.3 is 0 Å². The Morgan fingerprint density at radius 2 is 1.67 bits per heavy atom. The number of hydrogen-bond donors (Lipinski definition) is 1. The van der Waals surface area contributed by atoms with E-state index in [1.807, 2.05) is 73.8 Å². The third-order valence-electron chi connectivity index (χ3n) is 4.31. The minimum Gasteiger partial charge on any atom is -0.384 e. The topological polar surface area (TPSA) is 51.8 Å². The van der Waals surface area contributed by atoms with Crippen LogP contribution in [0.25, 0.3) is 22.0 Å². The summed E-state index contributed by atoms with van der Waals surface area (Å²) in [5.41, 5.74) is 11.5. The molecule has 0 aliphatic heterocycles. The lowest BCUT2D eigenvalue weighted by Gasteiger charge is -2.03. The summed E-state index contributed by atoms with van der Waals surface area (Å²) in [4.78, 5) is 8.80. The Morgan fingerprint density at radius 3 is 2.41 bits per heavy atom. The van der Waals surface area contributed by atoms with Crippen molar-refractivity contribution in [2.24, 2.45) is 0 Å². The van der Waals surface area contributed by atoms with Crippen molar-refractivity contribution in [1.82, 2.24) is 9.97 Å². The second kappa shape index (κ2) is 7.11. The zero-order valence-corrected chi connectivity index (χ0v) is 15.5. The number of hydrogen-bond acceptors (Lipinski definition) is 3. The zero-order valence-electron chi connectivity index (χ0n) is 14.7. The first-order valence-corrected chi connectivity index (χ1v) is 8.87. The number of nitrogens with two attached hydrogens (primary N) is 1. The van der Waals surface area contributed by atoms with Crippen molar-refractivity contribution in [1.29, 1.82) is 0 Å². The highest BCUT2D eigenvalue weighted by atomic mass is 35.5. The molecule has 4 heteroatoms. The fourth-order valence-corrected chi connectivity index (χ4v) is 3.04. The molecular formula is C23H16ClN3. The van der Waals surface area contributed by atoms with Gasteiger partial charge in [-0.15, -0.1) is 0 Å². The number of aromatic nitrogens is 2. The standard InChI is InChI=1S/C23H16ClN3/c1-15-12-23(25)27-22-11-3-16(13-21(15)22)2-9-20-10-6-18(14-26-20)17-4-7-19(24)8-5-17/h3-8,10-14H,1H3,(H2,25,27). The first-order valence-electron chi connectivity index (χ1n) is 8.49. The van der Waals surface area contributed by atoms with E-state index in [4.69, 9.17) is 17.3 Å². The number of benzene rings is 2.